The molecule has 1 aromatic rings. The number of unbranched alkanes of at least 4 members (excludes halogenated alkanes) is 3. The zero-order valence-corrected chi connectivity index (χ0v) is 10.8. The van der Waals surface area contributed by atoms with E-state index in [4.69, 9.17) is 6.42 Å². The van der Waals surface area contributed by atoms with Crippen LogP contribution in [0.4, 0.5) is 0 Å². The molecule has 0 bridgehead atoms. The maximum atomic E-state index is 11.6. The monoisotopic (exact) mass is 243 g/mol. The van der Waals surface area contributed by atoms with Crippen LogP contribution < -0.4 is 5.32 Å². The van der Waals surface area contributed by atoms with Crippen molar-refractivity contribution in [2.24, 2.45) is 0 Å². The van der Waals surface area contributed by atoms with Crippen molar-refractivity contribution in [3.63, 3.8) is 0 Å². The lowest BCUT2D eigenvalue weighted by Gasteiger charge is -2.04. The van der Waals surface area contributed by atoms with E-state index in [0.29, 0.717) is 13.0 Å². The van der Waals surface area contributed by atoms with Gasteiger partial charge < -0.3 is 5.32 Å². The van der Waals surface area contributed by atoms with Gasteiger partial charge >= 0.3 is 0 Å². The fraction of sp³-hybridized carbons (Fsp3) is 0.438. The van der Waals surface area contributed by atoms with Crippen molar-refractivity contribution in [1.29, 1.82) is 0 Å². The number of hydrogen-bond acceptors (Lipinski definition) is 2. The van der Waals surface area contributed by atoms with Crippen LogP contribution in [0, 0.1) is 12.3 Å². The van der Waals surface area contributed by atoms with Crippen LogP contribution in [0.25, 0.3) is 0 Å². The van der Waals surface area contributed by atoms with Gasteiger partial charge in [-0.2, -0.15) is 0 Å². The SMILES string of the molecule is C#CCCCCCC(=O)CNCc1ccccc1. The van der Waals surface area contributed by atoms with Gasteiger partial charge in [0.05, 0.1) is 6.54 Å². The number of rotatable bonds is 9. The number of hydrogen-bond donors (Lipinski definition) is 1. The molecule has 0 saturated heterocycles. The second-order valence-corrected chi connectivity index (χ2v) is 4.39. The smallest absolute Gasteiger partial charge is 0.146 e. The average Bonchev–Trinajstić information content (AvgIpc) is 2.40. The van der Waals surface area contributed by atoms with Gasteiger partial charge in [-0.15, -0.1) is 12.3 Å². The molecule has 0 aliphatic rings. The largest absolute Gasteiger partial charge is 0.306 e. The highest BCUT2D eigenvalue weighted by atomic mass is 16.1. The van der Waals surface area contributed by atoms with Crippen LogP contribution in [0.2, 0.25) is 0 Å². The molecule has 0 aliphatic carbocycles. The molecule has 1 rings (SSSR count). The van der Waals surface area contributed by atoms with E-state index in [1.165, 1.54) is 5.56 Å². The molecule has 1 aromatic carbocycles. The molecule has 2 heteroatoms. The lowest BCUT2D eigenvalue weighted by Crippen LogP contribution is -2.22. The molecule has 0 unspecified atom stereocenters. The third kappa shape index (κ3) is 6.88. The lowest BCUT2D eigenvalue weighted by atomic mass is 10.1. The normalized spacial score (nSPS) is 9.94. The predicted octanol–water partition coefficient (Wildman–Crippen LogP) is 2.93. The molecule has 0 aliphatic heterocycles. The number of terminal acetylenes is 1. The first-order valence-corrected chi connectivity index (χ1v) is 6.52. The highest BCUT2D eigenvalue weighted by Gasteiger charge is 2.01. The minimum Gasteiger partial charge on any atom is -0.306 e. The van der Waals surface area contributed by atoms with Crippen molar-refractivity contribution in [2.75, 3.05) is 6.54 Å². The summed E-state index contributed by atoms with van der Waals surface area (Å²) in [6, 6.07) is 10.1. The number of ketones is 1. The van der Waals surface area contributed by atoms with E-state index in [1.807, 2.05) is 18.2 Å². The second-order valence-electron chi connectivity index (χ2n) is 4.39. The lowest BCUT2D eigenvalue weighted by molar-refractivity contribution is -0.118. The van der Waals surface area contributed by atoms with Crippen molar-refractivity contribution in [2.45, 2.75) is 38.6 Å². The average molecular weight is 243 g/mol. The Balaban J connectivity index is 2.02. The van der Waals surface area contributed by atoms with Crippen LogP contribution in [-0.4, -0.2) is 12.3 Å². The van der Waals surface area contributed by atoms with Gasteiger partial charge in [-0.05, 0) is 18.4 Å². The van der Waals surface area contributed by atoms with Crippen LogP contribution in [-0.2, 0) is 11.3 Å². The summed E-state index contributed by atoms with van der Waals surface area (Å²) in [5.41, 5.74) is 1.21. The maximum absolute atomic E-state index is 11.6. The number of Topliss-reactive ketones (excluding diaryl/α,β-unsaturated/α-hetero) is 1. The Morgan fingerprint density at radius 1 is 1.17 bits per heavy atom. The molecule has 0 spiro atoms. The number of carbonyl (C=O) groups is 1. The van der Waals surface area contributed by atoms with E-state index in [9.17, 15) is 4.79 Å². The van der Waals surface area contributed by atoms with E-state index in [-0.39, 0.29) is 5.78 Å². The highest BCUT2D eigenvalue weighted by Crippen LogP contribution is 2.03. The first-order valence-electron chi connectivity index (χ1n) is 6.52. The fourth-order valence-electron chi connectivity index (χ4n) is 1.76. The highest BCUT2D eigenvalue weighted by molar-refractivity contribution is 5.80. The summed E-state index contributed by atoms with van der Waals surface area (Å²) < 4.78 is 0. The zero-order chi connectivity index (χ0) is 13.1. The minimum atomic E-state index is 0.284. The van der Waals surface area contributed by atoms with Crippen LogP contribution in [0.1, 0.15) is 37.7 Å². The van der Waals surface area contributed by atoms with Gasteiger partial charge in [0.15, 0.2) is 0 Å². The summed E-state index contributed by atoms with van der Waals surface area (Å²) in [6.45, 7) is 1.22. The maximum Gasteiger partial charge on any atom is 0.146 e. The third-order valence-corrected chi connectivity index (χ3v) is 2.77. The van der Waals surface area contributed by atoms with Crippen LogP contribution in [0.3, 0.4) is 0 Å². The summed E-state index contributed by atoms with van der Waals surface area (Å²) in [5.74, 6) is 2.89. The molecule has 0 amide bonds. The summed E-state index contributed by atoms with van der Waals surface area (Å²) in [5, 5.41) is 3.17. The minimum absolute atomic E-state index is 0.284. The van der Waals surface area contributed by atoms with Gasteiger partial charge in [0.25, 0.3) is 0 Å². The van der Waals surface area contributed by atoms with Crippen molar-refractivity contribution in [3.05, 3.63) is 35.9 Å². The molecule has 0 aromatic heterocycles. The second kappa shape index (κ2) is 9.44. The molecular weight excluding hydrogens is 222 g/mol. The quantitative estimate of drug-likeness (QED) is 0.533. The predicted molar refractivity (Wildman–Crippen MR) is 75.1 cm³/mol. The summed E-state index contributed by atoms with van der Waals surface area (Å²) in [4.78, 5) is 11.6. The topological polar surface area (TPSA) is 29.1 Å². The van der Waals surface area contributed by atoms with Gasteiger partial charge in [0.2, 0.25) is 0 Å². The first kappa shape index (κ1) is 14.5. The third-order valence-electron chi connectivity index (χ3n) is 2.77. The van der Waals surface area contributed by atoms with E-state index >= 15 is 0 Å². The summed E-state index contributed by atoms with van der Waals surface area (Å²) >= 11 is 0. The van der Waals surface area contributed by atoms with Crippen molar-refractivity contribution >= 4 is 5.78 Å². The summed E-state index contributed by atoms with van der Waals surface area (Å²) in [6.07, 6.45) is 9.67. The zero-order valence-electron chi connectivity index (χ0n) is 10.8. The van der Waals surface area contributed by atoms with Crippen LogP contribution >= 0.6 is 0 Å². The van der Waals surface area contributed by atoms with Crippen molar-refractivity contribution in [3.8, 4) is 12.3 Å². The van der Waals surface area contributed by atoms with Gasteiger partial charge in [-0.3, -0.25) is 4.79 Å². The molecule has 0 atom stereocenters. The summed E-state index contributed by atoms with van der Waals surface area (Å²) in [7, 11) is 0. The molecule has 18 heavy (non-hydrogen) atoms. The van der Waals surface area contributed by atoms with Gasteiger partial charge in [0, 0.05) is 19.4 Å². The Bertz CT molecular complexity index is 378. The van der Waals surface area contributed by atoms with Crippen molar-refractivity contribution < 1.29 is 4.79 Å². The molecule has 1 N–H and O–H groups in total. The molecule has 0 heterocycles. The van der Waals surface area contributed by atoms with E-state index in [1.54, 1.807) is 0 Å². The Morgan fingerprint density at radius 2 is 1.94 bits per heavy atom. The Kier molecular flexibility index (Phi) is 7.59. The fourth-order valence-corrected chi connectivity index (χ4v) is 1.76. The van der Waals surface area contributed by atoms with Crippen LogP contribution in [0.15, 0.2) is 30.3 Å². The Morgan fingerprint density at radius 3 is 2.67 bits per heavy atom. The molecule has 0 fully saturated rings. The molecule has 0 radical (unpaired) electrons. The van der Waals surface area contributed by atoms with E-state index in [2.05, 4.69) is 23.4 Å². The van der Waals surface area contributed by atoms with E-state index in [0.717, 1.165) is 32.2 Å². The number of benzene rings is 1. The molecular formula is C16H21NO. The molecule has 96 valence electrons. The van der Waals surface area contributed by atoms with Gasteiger partial charge in [0.1, 0.15) is 5.78 Å². The molecule has 0 saturated carbocycles. The van der Waals surface area contributed by atoms with Crippen LogP contribution in [0.5, 0.6) is 0 Å². The number of carbonyl (C=O) groups excluding carboxylic acids is 1. The Labute approximate surface area is 110 Å². The molecule has 2 nitrogen and oxygen atoms in total. The van der Waals surface area contributed by atoms with Gasteiger partial charge in [-0.25, -0.2) is 0 Å². The van der Waals surface area contributed by atoms with E-state index < -0.39 is 0 Å². The number of nitrogens with one attached hydrogen (secondary N) is 1. The van der Waals surface area contributed by atoms with Gasteiger partial charge in [-0.1, -0.05) is 36.8 Å². The van der Waals surface area contributed by atoms with Crippen molar-refractivity contribution in [1.82, 2.24) is 5.32 Å². The standard InChI is InChI=1S/C16H21NO/c1-2-3-4-5-9-12-16(18)14-17-13-15-10-7-6-8-11-15/h1,6-8,10-11,17H,3-5,9,12-14H2. The Hall–Kier alpha value is -1.59. The first-order chi connectivity index (χ1) is 8.83.